The Kier molecular flexibility index (Phi) is 3.71. The van der Waals surface area contributed by atoms with Gasteiger partial charge in [0.2, 0.25) is 0 Å². The molecule has 0 saturated heterocycles. The third-order valence-electron chi connectivity index (χ3n) is 3.10. The summed E-state index contributed by atoms with van der Waals surface area (Å²) in [7, 11) is 3.97. The molecule has 6 heteroatoms. The zero-order valence-corrected chi connectivity index (χ0v) is 11.3. The van der Waals surface area contributed by atoms with Gasteiger partial charge in [-0.2, -0.15) is 4.98 Å². The maximum Gasteiger partial charge on any atom is 0.294 e. The number of para-hydroxylation sites is 1. The van der Waals surface area contributed by atoms with Gasteiger partial charge in [-0.15, -0.1) is 0 Å². The Morgan fingerprint density at radius 1 is 1.53 bits per heavy atom. The molecule has 2 rings (SSSR count). The largest absolute Gasteiger partial charge is 0.463 e. The summed E-state index contributed by atoms with van der Waals surface area (Å²) in [6.07, 6.45) is 0. The highest BCUT2D eigenvalue weighted by Crippen LogP contribution is 2.19. The number of carbonyl (C=O) groups excluding carboxylic acids is 1. The number of nitrogens with two attached hydrogens (primary N) is 1. The predicted molar refractivity (Wildman–Crippen MR) is 73.3 cm³/mol. The number of carbonyl (C=O) groups is 1. The average molecular weight is 262 g/mol. The zero-order valence-electron chi connectivity index (χ0n) is 11.3. The second-order valence-electron chi connectivity index (χ2n) is 4.73. The summed E-state index contributed by atoms with van der Waals surface area (Å²) in [5.41, 5.74) is 6.99. The molecule has 0 saturated carbocycles. The number of likely N-dealkylation sites (N-methyl/N-ethyl adjacent to an activating group) is 1. The van der Waals surface area contributed by atoms with Gasteiger partial charge in [0.15, 0.2) is 0 Å². The Morgan fingerprint density at radius 3 is 2.89 bits per heavy atom. The zero-order chi connectivity index (χ0) is 14.0. The number of hydrogen-bond acceptors (Lipinski definition) is 4. The van der Waals surface area contributed by atoms with Crippen LogP contribution < -0.4 is 10.5 Å². The van der Waals surface area contributed by atoms with E-state index in [0.29, 0.717) is 23.7 Å². The molecule has 1 heterocycles. The van der Waals surface area contributed by atoms with Crippen LogP contribution in [-0.2, 0) is 0 Å². The number of benzene rings is 1. The molecule has 2 aromatic rings. The van der Waals surface area contributed by atoms with Crippen molar-refractivity contribution in [2.45, 2.75) is 13.0 Å². The van der Waals surface area contributed by atoms with E-state index in [1.54, 1.807) is 12.1 Å². The van der Waals surface area contributed by atoms with Gasteiger partial charge < -0.3 is 20.4 Å². The van der Waals surface area contributed by atoms with Crippen molar-refractivity contribution in [2.24, 2.45) is 5.73 Å². The summed E-state index contributed by atoms with van der Waals surface area (Å²) < 4.78 is 5.59. The van der Waals surface area contributed by atoms with Crippen LogP contribution >= 0.6 is 0 Å². The van der Waals surface area contributed by atoms with Crippen LogP contribution in [0.3, 0.4) is 0 Å². The Hall–Kier alpha value is -2.08. The first-order valence-electron chi connectivity index (χ1n) is 6.07. The summed E-state index contributed by atoms with van der Waals surface area (Å²) in [6.45, 7) is 2.57. The van der Waals surface area contributed by atoms with Crippen molar-refractivity contribution in [2.75, 3.05) is 20.7 Å². The summed E-state index contributed by atoms with van der Waals surface area (Å²) in [5.74, 6) is -0.495. The van der Waals surface area contributed by atoms with Crippen molar-refractivity contribution >= 4 is 16.9 Å². The Balaban J connectivity index is 2.22. The number of aromatic nitrogens is 2. The van der Waals surface area contributed by atoms with E-state index in [-0.39, 0.29) is 6.04 Å². The van der Waals surface area contributed by atoms with Crippen LogP contribution in [0.2, 0.25) is 0 Å². The van der Waals surface area contributed by atoms with E-state index in [4.69, 9.17) is 10.5 Å². The molecule has 1 aromatic heterocycles. The molecule has 1 amide bonds. The number of nitrogens with one attached hydrogen (secondary N) is 1. The Morgan fingerprint density at radius 2 is 2.26 bits per heavy atom. The first kappa shape index (κ1) is 13.4. The maximum absolute atomic E-state index is 11.3. The van der Waals surface area contributed by atoms with Crippen molar-refractivity contribution in [1.29, 1.82) is 0 Å². The molecule has 1 aromatic carbocycles. The molecule has 0 bridgehead atoms. The van der Waals surface area contributed by atoms with E-state index in [0.717, 1.165) is 5.52 Å². The van der Waals surface area contributed by atoms with Crippen LogP contribution in [0.4, 0.5) is 0 Å². The van der Waals surface area contributed by atoms with Crippen LogP contribution in [0, 0.1) is 0 Å². The topological polar surface area (TPSA) is 84.2 Å². The fraction of sp³-hybridized carbons (Fsp3) is 0.385. The van der Waals surface area contributed by atoms with Gasteiger partial charge in [-0.25, -0.2) is 0 Å². The minimum atomic E-state index is -0.495. The molecule has 3 N–H and O–H groups in total. The lowest BCUT2D eigenvalue weighted by atomic mass is 10.2. The number of H-pyrrole nitrogens is 1. The molecule has 0 fully saturated rings. The molecule has 0 aliphatic heterocycles. The van der Waals surface area contributed by atoms with Gasteiger partial charge in [-0.1, -0.05) is 6.07 Å². The lowest BCUT2D eigenvalue weighted by Crippen LogP contribution is -2.30. The molecule has 0 spiro atoms. The fourth-order valence-corrected chi connectivity index (χ4v) is 1.63. The molecule has 0 aliphatic rings. The first-order valence-corrected chi connectivity index (χ1v) is 6.07. The van der Waals surface area contributed by atoms with E-state index in [2.05, 4.69) is 21.8 Å². The van der Waals surface area contributed by atoms with Crippen LogP contribution in [0.15, 0.2) is 18.2 Å². The highest BCUT2D eigenvalue weighted by molar-refractivity contribution is 6.04. The predicted octanol–water partition coefficient (Wildman–Crippen LogP) is 0.991. The van der Waals surface area contributed by atoms with E-state index >= 15 is 0 Å². The minimum absolute atomic E-state index is 0.267. The van der Waals surface area contributed by atoms with Gasteiger partial charge in [-0.3, -0.25) is 4.79 Å². The first-order chi connectivity index (χ1) is 8.99. The number of nitrogens with zero attached hydrogens (tertiary/aromatic N) is 2. The van der Waals surface area contributed by atoms with Crippen molar-refractivity contribution < 1.29 is 9.53 Å². The maximum atomic E-state index is 11.3. The summed E-state index contributed by atoms with van der Waals surface area (Å²) in [4.78, 5) is 20.6. The summed E-state index contributed by atoms with van der Waals surface area (Å²) in [6, 6.07) is 5.91. The van der Waals surface area contributed by atoms with Crippen molar-refractivity contribution in [3.63, 3.8) is 0 Å². The van der Waals surface area contributed by atoms with Crippen molar-refractivity contribution in [3.8, 4) is 6.01 Å². The molecule has 0 aliphatic carbocycles. The number of primary amides is 1. The Bertz CT molecular complexity index is 591. The number of fused-ring (bicyclic) bond motifs is 1. The smallest absolute Gasteiger partial charge is 0.294 e. The standard InChI is InChI=1S/C13H18N4O2/c1-8(17(2)3)7-19-13-15-10-6-4-5-9(12(14)18)11(10)16-13/h4-6,8H,7H2,1-3H3,(H2,14,18)(H,15,16). The molecule has 1 atom stereocenters. The Labute approximate surface area is 111 Å². The average Bonchev–Trinajstić information content (AvgIpc) is 2.77. The van der Waals surface area contributed by atoms with Gasteiger partial charge in [-0.05, 0) is 33.2 Å². The third kappa shape index (κ3) is 2.85. The van der Waals surface area contributed by atoms with Gasteiger partial charge in [0, 0.05) is 6.04 Å². The number of aromatic amines is 1. The van der Waals surface area contributed by atoms with Crippen LogP contribution in [0.25, 0.3) is 11.0 Å². The summed E-state index contributed by atoms with van der Waals surface area (Å²) in [5, 5.41) is 0. The molecule has 6 nitrogen and oxygen atoms in total. The minimum Gasteiger partial charge on any atom is -0.463 e. The highest BCUT2D eigenvalue weighted by Gasteiger charge is 2.12. The molecule has 19 heavy (non-hydrogen) atoms. The highest BCUT2D eigenvalue weighted by atomic mass is 16.5. The molecule has 1 unspecified atom stereocenters. The number of hydrogen-bond donors (Lipinski definition) is 2. The van der Waals surface area contributed by atoms with Gasteiger partial charge in [0.25, 0.3) is 11.9 Å². The normalized spacial score (nSPS) is 12.8. The summed E-state index contributed by atoms with van der Waals surface area (Å²) >= 11 is 0. The van der Waals surface area contributed by atoms with Crippen LogP contribution in [0.5, 0.6) is 6.01 Å². The quantitative estimate of drug-likeness (QED) is 0.841. The van der Waals surface area contributed by atoms with Crippen molar-refractivity contribution in [1.82, 2.24) is 14.9 Å². The SMILES string of the molecule is CC(COc1nc2c(C(N)=O)cccc2[nH]1)N(C)C. The monoisotopic (exact) mass is 262 g/mol. The number of ether oxygens (including phenoxy) is 1. The molecular formula is C13H18N4O2. The fourth-order valence-electron chi connectivity index (χ4n) is 1.63. The van der Waals surface area contributed by atoms with E-state index < -0.39 is 5.91 Å². The lowest BCUT2D eigenvalue weighted by Gasteiger charge is -2.18. The van der Waals surface area contributed by atoms with Crippen LogP contribution in [-0.4, -0.2) is 47.5 Å². The van der Waals surface area contributed by atoms with E-state index in [9.17, 15) is 4.79 Å². The second-order valence-corrected chi connectivity index (χ2v) is 4.73. The molecule has 102 valence electrons. The van der Waals surface area contributed by atoms with Gasteiger partial charge in [0.1, 0.15) is 12.1 Å². The van der Waals surface area contributed by atoms with Crippen molar-refractivity contribution in [3.05, 3.63) is 23.8 Å². The molecular weight excluding hydrogens is 244 g/mol. The molecule has 0 radical (unpaired) electrons. The third-order valence-corrected chi connectivity index (χ3v) is 3.10. The van der Waals surface area contributed by atoms with Gasteiger partial charge in [0.05, 0.1) is 11.1 Å². The number of amides is 1. The number of rotatable bonds is 5. The van der Waals surface area contributed by atoms with E-state index in [1.165, 1.54) is 0 Å². The van der Waals surface area contributed by atoms with Crippen LogP contribution in [0.1, 0.15) is 17.3 Å². The van der Waals surface area contributed by atoms with Gasteiger partial charge >= 0.3 is 0 Å². The van der Waals surface area contributed by atoms with E-state index in [1.807, 2.05) is 20.2 Å². The second kappa shape index (κ2) is 5.27. The lowest BCUT2D eigenvalue weighted by molar-refractivity contribution is 0.100. The number of imidazole rings is 1.